The summed E-state index contributed by atoms with van der Waals surface area (Å²) in [5, 5.41) is 0.524. The molecule has 0 unspecified atom stereocenters. The maximum absolute atomic E-state index is 14.3. The first-order valence-electron chi connectivity index (χ1n) is 11.3. The minimum Gasteiger partial charge on any atom is -0.376 e. The average molecular weight is 461 g/mol. The molecule has 2 heterocycles. The summed E-state index contributed by atoms with van der Waals surface area (Å²) < 4.78 is 20.9. The molecule has 1 atom stereocenters. The molecule has 6 heteroatoms. The van der Waals surface area contributed by atoms with E-state index in [2.05, 4.69) is 29.2 Å². The summed E-state index contributed by atoms with van der Waals surface area (Å²) in [6, 6.07) is 25.1. The normalized spacial score (nSPS) is 15.9. The van der Waals surface area contributed by atoms with Crippen LogP contribution in [-0.4, -0.2) is 30.1 Å². The molecule has 3 aromatic carbocycles. The lowest BCUT2D eigenvalue weighted by atomic mass is 9.88. The quantitative estimate of drug-likeness (QED) is 0.331. The molecule has 1 aliphatic rings. The Labute approximate surface area is 196 Å². The summed E-state index contributed by atoms with van der Waals surface area (Å²) in [5.41, 5.74) is 2.49. The number of anilines is 1. The summed E-state index contributed by atoms with van der Waals surface area (Å²) in [6.45, 7) is 1.13. The number of hydrogen-bond acceptors (Lipinski definition) is 4. The summed E-state index contributed by atoms with van der Waals surface area (Å²) in [5.74, 6) is -0.494. The van der Waals surface area contributed by atoms with Gasteiger partial charge >= 0.3 is 0 Å². The van der Waals surface area contributed by atoms with Gasteiger partial charge in [-0.3, -0.25) is 9.69 Å². The van der Waals surface area contributed by atoms with Gasteiger partial charge in [-0.15, -0.1) is 0 Å². The number of carbonyl (C=O) groups is 1. The molecule has 1 aromatic heterocycles. The number of aromatic nitrogens is 1. The molecule has 1 aliphatic heterocycles. The molecule has 0 radical (unpaired) electrons. The van der Waals surface area contributed by atoms with Crippen molar-refractivity contribution in [3.63, 3.8) is 0 Å². The number of ether oxygens (including phenoxy) is 1. The van der Waals surface area contributed by atoms with Crippen LogP contribution in [0.3, 0.4) is 0 Å². The molecule has 1 fully saturated rings. The lowest BCUT2D eigenvalue weighted by molar-refractivity contribution is -0.119. The Bertz CT molecular complexity index is 1180. The van der Waals surface area contributed by atoms with Gasteiger partial charge in [-0.1, -0.05) is 78.1 Å². The summed E-state index contributed by atoms with van der Waals surface area (Å²) in [6.07, 6.45) is 2.15. The van der Waals surface area contributed by atoms with E-state index in [0.29, 0.717) is 30.2 Å². The van der Waals surface area contributed by atoms with Gasteiger partial charge in [0, 0.05) is 18.9 Å². The van der Waals surface area contributed by atoms with Crippen molar-refractivity contribution in [2.45, 2.75) is 31.3 Å². The predicted octanol–water partition coefficient (Wildman–Crippen LogP) is 6.17. The molecule has 0 bridgehead atoms. The molecule has 0 saturated carbocycles. The third-order valence-electron chi connectivity index (χ3n) is 6.08. The number of benzene rings is 3. The smallest absolute Gasteiger partial charge is 0.229 e. The molecular weight excluding hydrogens is 435 g/mol. The van der Waals surface area contributed by atoms with Crippen molar-refractivity contribution in [1.82, 2.24) is 4.98 Å². The lowest BCUT2D eigenvalue weighted by Crippen LogP contribution is -2.38. The SMILES string of the molecule is O=C(CC(c1ccccc1)c1ccccc1)N(C[C@@H]1CCCO1)c1nc2c(F)cccc2s1. The second-order valence-corrected chi connectivity index (χ2v) is 9.31. The number of carbonyl (C=O) groups excluding carboxylic acids is 1. The van der Waals surface area contributed by atoms with E-state index < -0.39 is 0 Å². The first kappa shape index (κ1) is 21.7. The average Bonchev–Trinajstić information content (AvgIpc) is 3.52. The first-order valence-corrected chi connectivity index (χ1v) is 12.1. The zero-order valence-corrected chi connectivity index (χ0v) is 19.0. The molecule has 4 nitrogen and oxygen atoms in total. The number of halogens is 1. The van der Waals surface area contributed by atoms with E-state index in [1.165, 1.54) is 17.4 Å². The molecule has 33 heavy (non-hydrogen) atoms. The Kier molecular flexibility index (Phi) is 6.46. The van der Waals surface area contributed by atoms with Crippen LogP contribution >= 0.6 is 11.3 Å². The summed E-state index contributed by atoms with van der Waals surface area (Å²) in [7, 11) is 0. The van der Waals surface area contributed by atoms with Crippen LogP contribution in [0.25, 0.3) is 10.2 Å². The van der Waals surface area contributed by atoms with Crippen molar-refractivity contribution in [2.24, 2.45) is 0 Å². The van der Waals surface area contributed by atoms with Gasteiger partial charge < -0.3 is 4.74 Å². The van der Waals surface area contributed by atoms with Crippen molar-refractivity contribution >= 4 is 32.6 Å². The van der Waals surface area contributed by atoms with Crippen molar-refractivity contribution in [3.8, 4) is 0 Å². The zero-order chi connectivity index (χ0) is 22.6. The van der Waals surface area contributed by atoms with Crippen molar-refractivity contribution < 1.29 is 13.9 Å². The van der Waals surface area contributed by atoms with Crippen LogP contribution < -0.4 is 4.90 Å². The van der Waals surface area contributed by atoms with Crippen LogP contribution in [0.2, 0.25) is 0 Å². The Balaban J connectivity index is 1.49. The Morgan fingerprint density at radius 2 is 1.73 bits per heavy atom. The van der Waals surface area contributed by atoms with E-state index >= 15 is 0 Å². The van der Waals surface area contributed by atoms with E-state index in [1.54, 1.807) is 11.0 Å². The highest BCUT2D eigenvalue weighted by molar-refractivity contribution is 7.22. The molecule has 168 valence electrons. The summed E-state index contributed by atoms with van der Waals surface area (Å²) in [4.78, 5) is 20.0. The number of nitrogens with zero attached hydrogens (tertiary/aromatic N) is 2. The molecule has 0 aliphatic carbocycles. The minimum atomic E-state index is -0.369. The highest BCUT2D eigenvalue weighted by Crippen LogP contribution is 2.34. The van der Waals surface area contributed by atoms with E-state index in [-0.39, 0.29) is 23.7 Å². The van der Waals surface area contributed by atoms with Crippen LogP contribution in [0.15, 0.2) is 78.9 Å². The fourth-order valence-corrected chi connectivity index (χ4v) is 5.39. The second-order valence-electron chi connectivity index (χ2n) is 8.30. The zero-order valence-electron chi connectivity index (χ0n) is 18.2. The number of rotatable bonds is 7. The minimum absolute atomic E-state index is 0.0299. The van der Waals surface area contributed by atoms with E-state index in [4.69, 9.17) is 4.74 Å². The second kappa shape index (κ2) is 9.81. The van der Waals surface area contributed by atoms with Crippen LogP contribution in [0.4, 0.5) is 9.52 Å². The van der Waals surface area contributed by atoms with E-state index in [1.807, 2.05) is 42.5 Å². The first-order chi connectivity index (χ1) is 16.2. The topological polar surface area (TPSA) is 42.4 Å². The lowest BCUT2D eigenvalue weighted by Gasteiger charge is -2.26. The van der Waals surface area contributed by atoms with Crippen LogP contribution in [0.1, 0.15) is 36.3 Å². The van der Waals surface area contributed by atoms with Crippen molar-refractivity contribution in [3.05, 3.63) is 95.8 Å². The van der Waals surface area contributed by atoms with Crippen molar-refractivity contribution in [1.29, 1.82) is 0 Å². The van der Waals surface area contributed by atoms with Gasteiger partial charge in [-0.25, -0.2) is 9.37 Å². The maximum Gasteiger partial charge on any atom is 0.229 e. The number of thiazole rings is 1. The molecular formula is C27H25FN2O2S. The van der Waals surface area contributed by atoms with E-state index in [0.717, 1.165) is 28.7 Å². The summed E-state index contributed by atoms with van der Waals surface area (Å²) >= 11 is 1.35. The van der Waals surface area contributed by atoms with Crippen molar-refractivity contribution in [2.75, 3.05) is 18.1 Å². The largest absolute Gasteiger partial charge is 0.376 e. The fraction of sp³-hybridized carbons (Fsp3) is 0.259. The van der Waals surface area contributed by atoms with Gasteiger partial charge in [0.15, 0.2) is 5.13 Å². The van der Waals surface area contributed by atoms with E-state index in [9.17, 15) is 9.18 Å². The molecule has 1 saturated heterocycles. The maximum atomic E-state index is 14.3. The molecule has 0 N–H and O–H groups in total. The van der Waals surface area contributed by atoms with Gasteiger partial charge in [-0.2, -0.15) is 0 Å². The highest BCUT2D eigenvalue weighted by atomic mass is 32.1. The van der Waals surface area contributed by atoms with Crippen LogP contribution in [-0.2, 0) is 9.53 Å². The van der Waals surface area contributed by atoms with Gasteiger partial charge in [0.05, 0.1) is 17.3 Å². The number of amides is 1. The number of para-hydroxylation sites is 1. The third kappa shape index (κ3) is 4.82. The molecule has 4 aromatic rings. The number of hydrogen-bond donors (Lipinski definition) is 0. The van der Waals surface area contributed by atoms with Crippen LogP contribution in [0.5, 0.6) is 0 Å². The predicted molar refractivity (Wildman–Crippen MR) is 130 cm³/mol. The van der Waals surface area contributed by atoms with Gasteiger partial charge in [0.2, 0.25) is 5.91 Å². The standard InChI is InChI=1S/C27H25FN2O2S/c28-23-14-7-15-24-26(23)29-27(33-24)30(18-21-13-8-16-32-21)25(31)17-22(19-9-3-1-4-10-19)20-11-5-2-6-12-20/h1-7,9-12,14-15,21-22H,8,13,16-18H2/t21-/m0/s1. The Morgan fingerprint density at radius 1 is 1.03 bits per heavy atom. The molecule has 1 amide bonds. The fourth-order valence-electron chi connectivity index (χ4n) is 4.38. The van der Waals surface area contributed by atoms with Gasteiger partial charge in [0.25, 0.3) is 0 Å². The highest BCUT2D eigenvalue weighted by Gasteiger charge is 2.29. The monoisotopic (exact) mass is 460 g/mol. The third-order valence-corrected chi connectivity index (χ3v) is 7.13. The Hall–Kier alpha value is -3.09. The molecule has 5 rings (SSSR count). The Morgan fingerprint density at radius 3 is 2.33 bits per heavy atom. The van der Waals surface area contributed by atoms with Crippen LogP contribution in [0, 0.1) is 5.82 Å². The molecule has 0 spiro atoms. The number of fused-ring (bicyclic) bond motifs is 1. The van der Waals surface area contributed by atoms with Gasteiger partial charge in [-0.05, 0) is 36.1 Å². The van der Waals surface area contributed by atoms with Gasteiger partial charge in [0.1, 0.15) is 11.3 Å².